The van der Waals surface area contributed by atoms with Gasteiger partial charge in [-0.25, -0.2) is 9.97 Å². The van der Waals surface area contributed by atoms with E-state index in [-0.39, 0.29) is 5.60 Å². The molecule has 0 aromatic carbocycles. The van der Waals surface area contributed by atoms with Gasteiger partial charge >= 0.3 is 0 Å². The number of hydrogen-bond acceptors (Lipinski definition) is 4. The standard InChI is InChI=1S/C11H17N3O/c1-9-6-10(14-8-13-9)12-7-11(2)4-3-5-15-11/h6,8H,3-5,7H2,1-2H3,(H,12,13,14). The molecule has 0 bridgehead atoms. The third-order valence-corrected chi connectivity index (χ3v) is 2.75. The molecule has 1 saturated heterocycles. The van der Waals surface area contributed by atoms with E-state index in [1.807, 2.05) is 13.0 Å². The maximum Gasteiger partial charge on any atom is 0.129 e. The Bertz CT molecular complexity index is 334. The van der Waals surface area contributed by atoms with Crippen molar-refractivity contribution >= 4 is 5.82 Å². The Balaban J connectivity index is 1.92. The molecule has 1 atom stereocenters. The van der Waals surface area contributed by atoms with Crippen LogP contribution in [0.4, 0.5) is 5.82 Å². The van der Waals surface area contributed by atoms with Crippen LogP contribution in [0.1, 0.15) is 25.5 Å². The molecule has 1 aromatic heterocycles. The predicted molar refractivity (Wildman–Crippen MR) is 58.8 cm³/mol. The first-order chi connectivity index (χ1) is 7.18. The van der Waals surface area contributed by atoms with Crippen LogP contribution in [0.2, 0.25) is 0 Å². The lowest BCUT2D eigenvalue weighted by Crippen LogP contribution is -2.32. The van der Waals surface area contributed by atoms with Crippen molar-refractivity contribution in [1.29, 1.82) is 0 Å². The van der Waals surface area contributed by atoms with Crippen molar-refractivity contribution in [2.75, 3.05) is 18.5 Å². The molecule has 0 amide bonds. The molecule has 0 spiro atoms. The summed E-state index contributed by atoms with van der Waals surface area (Å²) in [4.78, 5) is 8.21. The molecular formula is C11H17N3O. The maximum atomic E-state index is 5.69. The van der Waals surface area contributed by atoms with Gasteiger partial charge in [-0.15, -0.1) is 0 Å². The monoisotopic (exact) mass is 207 g/mol. The van der Waals surface area contributed by atoms with Crippen LogP contribution >= 0.6 is 0 Å². The largest absolute Gasteiger partial charge is 0.373 e. The zero-order chi connectivity index (χ0) is 10.7. The van der Waals surface area contributed by atoms with Crippen LogP contribution in [0.3, 0.4) is 0 Å². The Hall–Kier alpha value is -1.16. The molecule has 0 radical (unpaired) electrons. The first-order valence-electron chi connectivity index (χ1n) is 5.34. The molecule has 1 unspecified atom stereocenters. The first-order valence-corrected chi connectivity index (χ1v) is 5.34. The Labute approximate surface area is 90.1 Å². The average Bonchev–Trinajstić information content (AvgIpc) is 2.63. The lowest BCUT2D eigenvalue weighted by Gasteiger charge is -2.23. The minimum Gasteiger partial charge on any atom is -0.373 e. The fraction of sp³-hybridized carbons (Fsp3) is 0.636. The third kappa shape index (κ3) is 2.65. The van der Waals surface area contributed by atoms with Gasteiger partial charge in [-0.1, -0.05) is 0 Å². The van der Waals surface area contributed by atoms with Crippen molar-refractivity contribution < 1.29 is 4.74 Å². The van der Waals surface area contributed by atoms with Gasteiger partial charge in [0.05, 0.1) is 5.60 Å². The zero-order valence-electron chi connectivity index (χ0n) is 9.29. The van der Waals surface area contributed by atoms with Gasteiger partial charge in [-0.3, -0.25) is 0 Å². The van der Waals surface area contributed by atoms with E-state index < -0.39 is 0 Å². The van der Waals surface area contributed by atoms with Crippen LogP contribution in [0, 0.1) is 6.92 Å². The second kappa shape index (κ2) is 4.14. The highest BCUT2D eigenvalue weighted by Crippen LogP contribution is 2.24. The number of ether oxygens (including phenoxy) is 1. The molecule has 82 valence electrons. The summed E-state index contributed by atoms with van der Waals surface area (Å²) in [5.74, 6) is 0.874. The summed E-state index contributed by atoms with van der Waals surface area (Å²) in [5, 5.41) is 3.29. The minimum atomic E-state index is -0.0289. The molecule has 0 saturated carbocycles. The van der Waals surface area contributed by atoms with Crippen molar-refractivity contribution in [3.05, 3.63) is 18.1 Å². The van der Waals surface area contributed by atoms with Crippen molar-refractivity contribution in [2.24, 2.45) is 0 Å². The molecule has 4 nitrogen and oxygen atoms in total. The Morgan fingerprint density at radius 2 is 2.40 bits per heavy atom. The topological polar surface area (TPSA) is 47.0 Å². The van der Waals surface area contributed by atoms with Crippen molar-refractivity contribution in [2.45, 2.75) is 32.3 Å². The molecule has 2 heterocycles. The van der Waals surface area contributed by atoms with Gasteiger partial charge in [0.15, 0.2) is 0 Å². The van der Waals surface area contributed by atoms with Crippen LogP contribution in [0.25, 0.3) is 0 Å². The van der Waals surface area contributed by atoms with E-state index in [0.717, 1.165) is 37.5 Å². The van der Waals surface area contributed by atoms with Crippen molar-refractivity contribution in [3.63, 3.8) is 0 Å². The number of hydrogen-bond donors (Lipinski definition) is 1. The molecule has 0 aliphatic carbocycles. The zero-order valence-corrected chi connectivity index (χ0v) is 9.29. The van der Waals surface area contributed by atoms with Gasteiger partial charge in [-0.05, 0) is 26.7 Å². The fourth-order valence-electron chi connectivity index (χ4n) is 1.81. The highest BCUT2D eigenvalue weighted by atomic mass is 16.5. The molecular weight excluding hydrogens is 190 g/mol. The number of nitrogens with one attached hydrogen (secondary N) is 1. The van der Waals surface area contributed by atoms with Crippen LogP contribution in [0.5, 0.6) is 0 Å². The summed E-state index contributed by atoms with van der Waals surface area (Å²) in [6, 6.07) is 1.94. The van der Waals surface area contributed by atoms with Gasteiger partial charge in [0, 0.05) is 24.9 Å². The number of aromatic nitrogens is 2. The quantitative estimate of drug-likeness (QED) is 0.820. The van der Waals surface area contributed by atoms with E-state index >= 15 is 0 Å². The highest BCUT2D eigenvalue weighted by molar-refractivity contribution is 5.34. The van der Waals surface area contributed by atoms with E-state index in [2.05, 4.69) is 22.2 Å². The second-order valence-electron chi connectivity index (χ2n) is 4.30. The molecule has 1 N–H and O–H groups in total. The summed E-state index contributed by atoms with van der Waals surface area (Å²) < 4.78 is 5.69. The van der Waals surface area contributed by atoms with Crippen LogP contribution in [-0.2, 0) is 4.74 Å². The van der Waals surface area contributed by atoms with Crippen molar-refractivity contribution in [3.8, 4) is 0 Å². The molecule has 1 aliphatic rings. The number of aryl methyl sites for hydroxylation is 1. The number of rotatable bonds is 3. The average molecular weight is 207 g/mol. The lowest BCUT2D eigenvalue weighted by atomic mass is 10.0. The SMILES string of the molecule is Cc1cc(NCC2(C)CCCO2)ncn1. The Morgan fingerprint density at radius 1 is 1.53 bits per heavy atom. The molecule has 15 heavy (non-hydrogen) atoms. The summed E-state index contributed by atoms with van der Waals surface area (Å²) in [7, 11) is 0. The Kier molecular flexibility index (Phi) is 2.86. The van der Waals surface area contributed by atoms with Gasteiger partial charge in [0.2, 0.25) is 0 Å². The number of anilines is 1. The van der Waals surface area contributed by atoms with Gasteiger partial charge in [0.1, 0.15) is 12.1 Å². The fourth-order valence-corrected chi connectivity index (χ4v) is 1.81. The Morgan fingerprint density at radius 3 is 3.07 bits per heavy atom. The van der Waals surface area contributed by atoms with E-state index in [4.69, 9.17) is 4.74 Å². The normalized spacial score (nSPS) is 25.5. The summed E-state index contributed by atoms with van der Waals surface area (Å²) in [5.41, 5.74) is 0.948. The van der Waals surface area contributed by atoms with E-state index in [9.17, 15) is 0 Å². The highest BCUT2D eigenvalue weighted by Gasteiger charge is 2.29. The van der Waals surface area contributed by atoms with Gasteiger partial charge in [0.25, 0.3) is 0 Å². The van der Waals surface area contributed by atoms with Crippen LogP contribution in [0.15, 0.2) is 12.4 Å². The third-order valence-electron chi connectivity index (χ3n) is 2.75. The molecule has 1 aromatic rings. The van der Waals surface area contributed by atoms with Crippen LogP contribution < -0.4 is 5.32 Å². The second-order valence-corrected chi connectivity index (χ2v) is 4.30. The lowest BCUT2D eigenvalue weighted by molar-refractivity contribution is 0.0315. The summed E-state index contributed by atoms with van der Waals surface area (Å²) in [6.45, 7) is 5.78. The smallest absolute Gasteiger partial charge is 0.129 e. The molecule has 1 fully saturated rings. The van der Waals surface area contributed by atoms with Crippen LogP contribution in [-0.4, -0.2) is 28.7 Å². The van der Waals surface area contributed by atoms with E-state index in [1.165, 1.54) is 0 Å². The molecule has 2 rings (SSSR count). The minimum absolute atomic E-state index is 0.0289. The van der Waals surface area contributed by atoms with E-state index in [0.29, 0.717) is 0 Å². The molecule has 1 aliphatic heterocycles. The molecule has 4 heteroatoms. The maximum absolute atomic E-state index is 5.69. The number of nitrogens with zero attached hydrogens (tertiary/aromatic N) is 2. The predicted octanol–water partition coefficient (Wildman–Crippen LogP) is 1.77. The van der Waals surface area contributed by atoms with Gasteiger partial charge in [-0.2, -0.15) is 0 Å². The first kappa shape index (κ1) is 10.4. The summed E-state index contributed by atoms with van der Waals surface area (Å²) in [6.07, 6.45) is 3.85. The summed E-state index contributed by atoms with van der Waals surface area (Å²) >= 11 is 0. The van der Waals surface area contributed by atoms with Crippen molar-refractivity contribution in [1.82, 2.24) is 9.97 Å². The van der Waals surface area contributed by atoms with Gasteiger partial charge < -0.3 is 10.1 Å². The van der Waals surface area contributed by atoms with E-state index in [1.54, 1.807) is 6.33 Å².